The van der Waals surface area contributed by atoms with Crippen LogP contribution in [-0.2, 0) is 6.54 Å². The van der Waals surface area contributed by atoms with Crippen LogP contribution in [0, 0.1) is 12.8 Å². The summed E-state index contributed by atoms with van der Waals surface area (Å²) in [5.41, 5.74) is 17.0. The number of fused-ring (bicyclic) bond motifs is 1. The molecule has 2 aliphatic rings. The van der Waals surface area contributed by atoms with E-state index in [2.05, 4.69) is 30.0 Å². The number of aromatic nitrogens is 1. The molecule has 1 amide bonds. The number of piperidine rings is 1. The van der Waals surface area contributed by atoms with Gasteiger partial charge >= 0.3 is 0 Å². The summed E-state index contributed by atoms with van der Waals surface area (Å²) in [6.07, 6.45) is 9.60. The summed E-state index contributed by atoms with van der Waals surface area (Å²) >= 11 is 0. The molecule has 6 heteroatoms. The van der Waals surface area contributed by atoms with E-state index in [-0.39, 0.29) is 5.91 Å². The van der Waals surface area contributed by atoms with Crippen molar-refractivity contribution < 1.29 is 4.79 Å². The van der Waals surface area contributed by atoms with Gasteiger partial charge in [0.15, 0.2) is 0 Å². The molecule has 1 aromatic carbocycles. The minimum absolute atomic E-state index is 0.353. The zero-order valence-electron chi connectivity index (χ0n) is 20.7. The number of primary amides is 1. The van der Waals surface area contributed by atoms with Gasteiger partial charge in [0.1, 0.15) is 5.82 Å². The molecule has 6 nitrogen and oxygen atoms in total. The maximum Gasteiger partial charge on any atom is 0.249 e. The number of anilines is 1. The lowest BCUT2D eigenvalue weighted by molar-refractivity contribution is 0.100. The standard InChI is InChI=1S/C27H41N5O/c1-18-23(26(29)33)25-22(10-9-21(17-28)24(25)20-7-5-4-6-8-20)30-27(18)32-15-12-19(13-16-32)11-14-31(2)3/h9-10,19-20H,4-8,11-17,28H2,1-3H3,(H2,29,33). The fraction of sp³-hybridized carbons (Fsp3) is 0.630. The van der Waals surface area contributed by atoms with Crippen LogP contribution in [0.25, 0.3) is 10.9 Å². The van der Waals surface area contributed by atoms with Gasteiger partial charge in [-0.2, -0.15) is 0 Å². The van der Waals surface area contributed by atoms with E-state index in [0.29, 0.717) is 18.0 Å². The van der Waals surface area contributed by atoms with Gasteiger partial charge in [0.2, 0.25) is 5.91 Å². The SMILES string of the molecule is Cc1c(N2CCC(CCN(C)C)CC2)nc2ccc(CN)c(C3CCCCC3)c2c1C(N)=O. The first kappa shape index (κ1) is 24.0. The van der Waals surface area contributed by atoms with Gasteiger partial charge < -0.3 is 21.3 Å². The maximum absolute atomic E-state index is 12.8. The number of nitrogens with zero attached hydrogens (tertiary/aromatic N) is 3. The second-order valence-corrected chi connectivity index (χ2v) is 10.4. The molecule has 0 bridgehead atoms. The molecule has 4 N–H and O–H groups in total. The maximum atomic E-state index is 12.8. The third-order valence-electron chi connectivity index (χ3n) is 7.88. The summed E-state index contributed by atoms with van der Waals surface area (Å²) in [7, 11) is 4.28. The van der Waals surface area contributed by atoms with E-state index in [0.717, 1.165) is 66.2 Å². The molecule has 2 fully saturated rings. The number of benzene rings is 1. The number of hydrogen-bond donors (Lipinski definition) is 2. The van der Waals surface area contributed by atoms with Crippen LogP contribution in [-0.4, -0.2) is 49.5 Å². The summed E-state index contributed by atoms with van der Waals surface area (Å²) in [4.78, 5) is 22.6. The van der Waals surface area contributed by atoms with Crippen LogP contribution >= 0.6 is 0 Å². The lowest BCUT2D eigenvalue weighted by Crippen LogP contribution is -2.36. The molecular weight excluding hydrogens is 410 g/mol. The Bertz CT molecular complexity index is 988. The highest BCUT2D eigenvalue weighted by Crippen LogP contribution is 2.41. The Labute approximate surface area is 198 Å². The van der Waals surface area contributed by atoms with Gasteiger partial charge in [0.05, 0.1) is 11.1 Å². The third kappa shape index (κ3) is 5.02. The smallest absolute Gasteiger partial charge is 0.249 e. The van der Waals surface area contributed by atoms with Crippen molar-refractivity contribution in [1.82, 2.24) is 9.88 Å². The molecule has 0 radical (unpaired) electrons. The minimum atomic E-state index is -0.353. The van der Waals surface area contributed by atoms with Crippen LogP contribution in [0.5, 0.6) is 0 Å². The first-order chi connectivity index (χ1) is 15.9. The highest BCUT2D eigenvalue weighted by Gasteiger charge is 2.28. The molecule has 0 atom stereocenters. The van der Waals surface area contributed by atoms with Crippen molar-refractivity contribution in [3.63, 3.8) is 0 Å². The minimum Gasteiger partial charge on any atom is -0.366 e. The number of carbonyl (C=O) groups excluding carboxylic acids is 1. The van der Waals surface area contributed by atoms with E-state index in [4.69, 9.17) is 16.5 Å². The highest BCUT2D eigenvalue weighted by molar-refractivity contribution is 6.09. The topological polar surface area (TPSA) is 88.5 Å². The van der Waals surface area contributed by atoms with E-state index in [1.165, 1.54) is 44.1 Å². The predicted octanol–water partition coefficient (Wildman–Crippen LogP) is 4.32. The number of pyridine rings is 1. The first-order valence-electron chi connectivity index (χ1n) is 12.8. The van der Waals surface area contributed by atoms with Gasteiger partial charge in [-0.1, -0.05) is 25.3 Å². The van der Waals surface area contributed by atoms with Crippen molar-refractivity contribution in [3.8, 4) is 0 Å². The lowest BCUT2D eigenvalue weighted by Gasteiger charge is -2.35. The molecule has 4 rings (SSSR count). The van der Waals surface area contributed by atoms with Gasteiger partial charge in [-0.15, -0.1) is 0 Å². The summed E-state index contributed by atoms with van der Waals surface area (Å²) in [5.74, 6) is 1.76. The molecule has 1 aromatic heterocycles. The van der Waals surface area contributed by atoms with Crippen LogP contribution in [0.4, 0.5) is 5.82 Å². The molecule has 0 unspecified atom stereocenters. The molecule has 33 heavy (non-hydrogen) atoms. The third-order valence-corrected chi connectivity index (χ3v) is 7.88. The molecule has 1 aliphatic carbocycles. The number of rotatable bonds is 7. The Morgan fingerprint density at radius 1 is 1.12 bits per heavy atom. The summed E-state index contributed by atoms with van der Waals surface area (Å²) in [5, 5.41) is 0.958. The molecule has 1 aliphatic heterocycles. The molecule has 180 valence electrons. The van der Waals surface area contributed by atoms with Crippen LogP contribution in [0.1, 0.15) is 84.3 Å². The van der Waals surface area contributed by atoms with E-state index < -0.39 is 0 Å². The van der Waals surface area contributed by atoms with Crippen LogP contribution < -0.4 is 16.4 Å². The fourth-order valence-electron chi connectivity index (χ4n) is 6.03. The highest BCUT2D eigenvalue weighted by atomic mass is 16.1. The van der Waals surface area contributed by atoms with Crippen molar-refractivity contribution in [3.05, 3.63) is 34.4 Å². The molecule has 2 heterocycles. The zero-order chi connectivity index (χ0) is 23.5. The Morgan fingerprint density at radius 2 is 1.82 bits per heavy atom. The van der Waals surface area contributed by atoms with Crippen molar-refractivity contribution in [2.75, 3.05) is 38.6 Å². The Kier molecular flexibility index (Phi) is 7.55. The van der Waals surface area contributed by atoms with E-state index >= 15 is 0 Å². The van der Waals surface area contributed by atoms with E-state index in [1.807, 2.05) is 13.0 Å². The normalized spacial score (nSPS) is 18.4. The van der Waals surface area contributed by atoms with E-state index in [1.54, 1.807) is 0 Å². The van der Waals surface area contributed by atoms with Crippen LogP contribution in [0.2, 0.25) is 0 Å². The Hall–Kier alpha value is -2.18. The van der Waals surface area contributed by atoms with Crippen LogP contribution in [0.15, 0.2) is 12.1 Å². The number of hydrogen-bond acceptors (Lipinski definition) is 5. The quantitative estimate of drug-likeness (QED) is 0.655. The lowest BCUT2D eigenvalue weighted by atomic mass is 9.79. The Balaban J connectivity index is 1.74. The second-order valence-electron chi connectivity index (χ2n) is 10.4. The van der Waals surface area contributed by atoms with Crippen molar-refractivity contribution in [2.45, 2.75) is 70.8 Å². The summed E-state index contributed by atoms with van der Waals surface area (Å²) in [6, 6.07) is 4.17. The van der Waals surface area contributed by atoms with Gasteiger partial charge in [-0.05, 0) is 88.7 Å². The number of carbonyl (C=O) groups is 1. The van der Waals surface area contributed by atoms with Crippen molar-refractivity contribution >= 4 is 22.6 Å². The zero-order valence-corrected chi connectivity index (χ0v) is 20.7. The van der Waals surface area contributed by atoms with Gasteiger partial charge in [0.25, 0.3) is 0 Å². The van der Waals surface area contributed by atoms with Gasteiger partial charge in [-0.3, -0.25) is 4.79 Å². The average Bonchev–Trinajstić information content (AvgIpc) is 2.82. The van der Waals surface area contributed by atoms with Crippen LogP contribution in [0.3, 0.4) is 0 Å². The summed E-state index contributed by atoms with van der Waals surface area (Å²) in [6.45, 7) is 5.59. The van der Waals surface area contributed by atoms with Crippen molar-refractivity contribution in [2.24, 2.45) is 17.4 Å². The van der Waals surface area contributed by atoms with Gasteiger partial charge in [0, 0.05) is 30.6 Å². The second kappa shape index (κ2) is 10.4. The number of nitrogens with two attached hydrogens (primary N) is 2. The van der Waals surface area contributed by atoms with E-state index in [9.17, 15) is 4.79 Å². The number of amides is 1. The molecule has 1 saturated carbocycles. The van der Waals surface area contributed by atoms with Crippen molar-refractivity contribution in [1.29, 1.82) is 0 Å². The Morgan fingerprint density at radius 3 is 2.42 bits per heavy atom. The molecule has 2 aromatic rings. The molecule has 1 saturated heterocycles. The fourth-order valence-corrected chi connectivity index (χ4v) is 6.03. The average molecular weight is 452 g/mol. The predicted molar refractivity (Wildman–Crippen MR) is 137 cm³/mol. The summed E-state index contributed by atoms with van der Waals surface area (Å²) < 4.78 is 0. The largest absolute Gasteiger partial charge is 0.366 e. The monoisotopic (exact) mass is 451 g/mol. The first-order valence-corrected chi connectivity index (χ1v) is 12.8. The van der Waals surface area contributed by atoms with Gasteiger partial charge in [-0.25, -0.2) is 4.98 Å². The molecule has 0 spiro atoms. The molecular formula is C27H41N5O.